The van der Waals surface area contributed by atoms with Crippen LogP contribution in [-0.2, 0) is 7.05 Å². The van der Waals surface area contributed by atoms with Gasteiger partial charge in [0.15, 0.2) is 0 Å². The minimum absolute atomic E-state index is 0.654. The van der Waals surface area contributed by atoms with E-state index in [-0.39, 0.29) is 0 Å². The van der Waals surface area contributed by atoms with Crippen molar-refractivity contribution in [2.24, 2.45) is 18.7 Å². The van der Waals surface area contributed by atoms with Crippen LogP contribution in [0.25, 0.3) is 0 Å². The Kier molecular flexibility index (Phi) is 1.46. The molecular weight excluding hydrogens is 138 g/mol. The molecule has 0 aromatic carbocycles. The van der Waals surface area contributed by atoms with Crippen LogP contribution in [-0.4, -0.2) is 16.1 Å². The molecule has 0 unspecified atom stereocenters. The Bertz CT molecular complexity index is 254. The Balaban J connectivity index is 2.08. The molecule has 0 radical (unpaired) electrons. The second kappa shape index (κ2) is 2.34. The largest absolute Gasteiger partial charge is 0.340 e. The van der Waals surface area contributed by atoms with Crippen molar-refractivity contribution in [1.29, 1.82) is 0 Å². The van der Waals surface area contributed by atoms with Gasteiger partial charge < -0.3 is 10.3 Å². The van der Waals surface area contributed by atoms with E-state index >= 15 is 0 Å². The number of rotatable bonds is 2. The van der Waals surface area contributed by atoms with Gasteiger partial charge in [0, 0.05) is 19.2 Å². The first kappa shape index (κ1) is 6.85. The molecule has 2 atom stereocenters. The van der Waals surface area contributed by atoms with Gasteiger partial charge in [-0.15, -0.1) is 0 Å². The van der Waals surface area contributed by atoms with Crippen molar-refractivity contribution in [2.75, 3.05) is 6.54 Å². The summed E-state index contributed by atoms with van der Waals surface area (Å²) >= 11 is 0. The molecule has 0 bridgehead atoms. The number of aryl methyl sites for hydroxylation is 1. The van der Waals surface area contributed by atoms with Crippen LogP contribution in [0.5, 0.6) is 0 Å². The summed E-state index contributed by atoms with van der Waals surface area (Å²) in [5, 5.41) is 0. The van der Waals surface area contributed by atoms with E-state index in [1.54, 1.807) is 0 Å². The molecule has 0 aliphatic heterocycles. The van der Waals surface area contributed by atoms with Crippen molar-refractivity contribution in [3.05, 3.63) is 18.2 Å². The lowest BCUT2D eigenvalue weighted by Crippen LogP contribution is -2.01. The molecule has 0 saturated heterocycles. The molecule has 11 heavy (non-hydrogen) atoms. The summed E-state index contributed by atoms with van der Waals surface area (Å²) in [6, 6.07) is 0. The maximum absolute atomic E-state index is 5.53. The number of nitrogens with two attached hydrogens (primary N) is 1. The van der Waals surface area contributed by atoms with Crippen molar-refractivity contribution in [3.8, 4) is 0 Å². The molecule has 2 rings (SSSR count). The summed E-state index contributed by atoms with van der Waals surface area (Å²) in [7, 11) is 2.00. The smallest absolute Gasteiger partial charge is 0.0946 e. The zero-order chi connectivity index (χ0) is 7.84. The predicted octanol–water partition coefficient (Wildman–Crippen LogP) is 0.482. The van der Waals surface area contributed by atoms with Gasteiger partial charge in [-0.1, -0.05) is 0 Å². The van der Waals surface area contributed by atoms with Crippen LogP contribution in [0.15, 0.2) is 12.5 Å². The Hall–Kier alpha value is -0.830. The first-order chi connectivity index (χ1) is 5.31. The lowest BCUT2D eigenvalue weighted by molar-refractivity contribution is 0.799. The third kappa shape index (κ3) is 1.16. The fourth-order valence-electron chi connectivity index (χ4n) is 1.49. The predicted molar refractivity (Wildman–Crippen MR) is 43.1 cm³/mol. The number of hydrogen-bond donors (Lipinski definition) is 1. The maximum atomic E-state index is 5.53. The molecule has 1 aliphatic rings. The van der Waals surface area contributed by atoms with Gasteiger partial charge in [-0.2, -0.15) is 0 Å². The Labute approximate surface area is 66.2 Å². The number of imidazole rings is 1. The van der Waals surface area contributed by atoms with Crippen molar-refractivity contribution in [2.45, 2.75) is 12.3 Å². The summed E-state index contributed by atoms with van der Waals surface area (Å²) in [5.74, 6) is 1.35. The highest BCUT2D eigenvalue weighted by Crippen LogP contribution is 2.45. The first-order valence-corrected chi connectivity index (χ1v) is 3.99. The van der Waals surface area contributed by atoms with Crippen LogP contribution in [0, 0.1) is 5.92 Å². The SMILES string of the molecule is Cn1cnc([C@@H]2C[C@H]2CN)c1. The molecule has 3 heteroatoms. The van der Waals surface area contributed by atoms with Gasteiger partial charge in [0.05, 0.1) is 12.0 Å². The molecule has 1 heterocycles. The van der Waals surface area contributed by atoms with Gasteiger partial charge in [0.25, 0.3) is 0 Å². The second-order valence-corrected chi connectivity index (χ2v) is 3.30. The van der Waals surface area contributed by atoms with Crippen LogP contribution in [0.2, 0.25) is 0 Å². The third-order valence-corrected chi connectivity index (χ3v) is 2.33. The van der Waals surface area contributed by atoms with Gasteiger partial charge in [0.2, 0.25) is 0 Å². The van der Waals surface area contributed by atoms with Crippen LogP contribution in [0.4, 0.5) is 0 Å². The zero-order valence-electron chi connectivity index (χ0n) is 6.70. The molecule has 0 amide bonds. The standard InChI is InChI=1S/C8H13N3/c1-11-4-8(10-5-11)7-2-6(7)3-9/h4-7H,2-3,9H2,1H3/t6-,7+/m0/s1. The van der Waals surface area contributed by atoms with Crippen molar-refractivity contribution < 1.29 is 0 Å². The lowest BCUT2D eigenvalue weighted by atomic mass is 10.2. The average molecular weight is 151 g/mol. The Morgan fingerprint density at radius 1 is 1.82 bits per heavy atom. The van der Waals surface area contributed by atoms with E-state index in [0.29, 0.717) is 11.8 Å². The molecule has 0 spiro atoms. The number of hydrogen-bond acceptors (Lipinski definition) is 2. The van der Waals surface area contributed by atoms with E-state index < -0.39 is 0 Å². The summed E-state index contributed by atoms with van der Waals surface area (Å²) < 4.78 is 1.99. The first-order valence-electron chi connectivity index (χ1n) is 3.99. The van der Waals surface area contributed by atoms with E-state index in [9.17, 15) is 0 Å². The molecule has 60 valence electrons. The van der Waals surface area contributed by atoms with Gasteiger partial charge >= 0.3 is 0 Å². The fourth-order valence-corrected chi connectivity index (χ4v) is 1.49. The maximum Gasteiger partial charge on any atom is 0.0946 e. The lowest BCUT2D eigenvalue weighted by Gasteiger charge is -1.89. The molecule has 1 saturated carbocycles. The molecule has 2 N–H and O–H groups in total. The summed E-state index contributed by atoms with van der Waals surface area (Å²) in [5.41, 5.74) is 6.74. The summed E-state index contributed by atoms with van der Waals surface area (Å²) in [4.78, 5) is 4.28. The Morgan fingerprint density at radius 2 is 2.64 bits per heavy atom. The van der Waals surface area contributed by atoms with Gasteiger partial charge in [0.1, 0.15) is 0 Å². The topological polar surface area (TPSA) is 43.8 Å². The van der Waals surface area contributed by atoms with Crippen LogP contribution < -0.4 is 5.73 Å². The van der Waals surface area contributed by atoms with Gasteiger partial charge in [-0.05, 0) is 18.9 Å². The molecule has 1 aromatic rings. The van der Waals surface area contributed by atoms with Crippen LogP contribution >= 0.6 is 0 Å². The van der Waals surface area contributed by atoms with E-state index in [1.165, 1.54) is 12.1 Å². The molecule has 1 aromatic heterocycles. The van der Waals surface area contributed by atoms with E-state index in [2.05, 4.69) is 11.2 Å². The molecule has 1 fully saturated rings. The van der Waals surface area contributed by atoms with Crippen molar-refractivity contribution in [3.63, 3.8) is 0 Å². The Morgan fingerprint density at radius 3 is 3.09 bits per heavy atom. The second-order valence-electron chi connectivity index (χ2n) is 3.30. The fraction of sp³-hybridized carbons (Fsp3) is 0.625. The number of aromatic nitrogens is 2. The van der Waals surface area contributed by atoms with E-state index in [1.807, 2.05) is 17.9 Å². The third-order valence-electron chi connectivity index (χ3n) is 2.33. The molecule has 1 aliphatic carbocycles. The minimum Gasteiger partial charge on any atom is -0.340 e. The summed E-state index contributed by atoms with van der Waals surface area (Å²) in [6.45, 7) is 0.807. The van der Waals surface area contributed by atoms with Gasteiger partial charge in [-0.25, -0.2) is 4.98 Å². The van der Waals surface area contributed by atoms with Crippen LogP contribution in [0.1, 0.15) is 18.0 Å². The summed E-state index contributed by atoms with van der Waals surface area (Å²) in [6.07, 6.45) is 5.16. The minimum atomic E-state index is 0.654. The van der Waals surface area contributed by atoms with E-state index in [4.69, 9.17) is 5.73 Å². The van der Waals surface area contributed by atoms with Crippen LogP contribution in [0.3, 0.4) is 0 Å². The highest BCUT2D eigenvalue weighted by Gasteiger charge is 2.38. The quantitative estimate of drug-likeness (QED) is 0.668. The zero-order valence-corrected chi connectivity index (χ0v) is 6.70. The normalized spacial score (nSPS) is 28.9. The number of nitrogens with zero attached hydrogens (tertiary/aromatic N) is 2. The molecular formula is C8H13N3. The van der Waals surface area contributed by atoms with Gasteiger partial charge in [-0.3, -0.25) is 0 Å². The highest BCUT2D eigenvalue weighted by molar-refractivity contribution is 5.15. The van der Waals surface area contributed by atoms with Crippen molar-refractivity contribution >= 4 is 0 Å². The average Bonchev–Trinajstić information content (AvgIpc) is 2.68. The highest BCUT2D eigenvalue weighted by atomic mass is 15.0. The monoisotopic (exact) mass is 151 g/mol. The molecule has 3 nitrogen and oxygen atoms in total. The van der Waals surface area contributed by atoms with E-state index in [0.717, 1.165) is 6.54 Å². The van der Waals surface area contributed by atoms with Crippen molar-refractivity contribution in [1.82, 2.24) is 9.55 Å².